The number of nitrogens with one attached hydrogen (secondary N) is 1. The van der Waals surface area contributed by atoms with Crippen molar-refractivity contribution in [1.29, 1.82) is 0 Å². The van der Waals surface area contributed by atoms with Crippen LogP contribution < -0.4 is 5.32 Å². The van der Waals surface area contributed by atoms with Crippen LogP contribution in [0.4, 0.5) is 0 Å². The molecule has 0 spiro atoms. The van der Waals surface area contributed by atoms with Crippen molar-refractivity contribution in [1.82, 2.24) is 5.32 Å². The molecule has 0 aliphatic rings. The molecule has 0 radical (unpaired) electrons. The summed E-state index contributed by atoms with van der Waals surface area (Å²) < 4.78 is 0. The van der Waals surface area contributed by atoms with E-state index in [1.807, 2.05) is 30.3 Å². The highest BCUT2D eigenvalue weighted by Crippen LogP contribution is 2.17. The number of amides is 1. The lowest BCUT2D eigenvalue weighted by Crippen LogP contribution is -2.37. The van der Waals surface area contributed by atoms with Crippen LogP contribution in [0, 0.1) is 6.92 Å². The molecule has 2 N–H and O–H groups in total. The molecule has 2 aromatic carbocycles. The molecule has 0 saturated heterocycles. The lowest BCUT2D eigenvalue weighted by molar-refractivity contribution is 0.0940. The molecule has 2 aromatic rings. The van der Waals surface area contributed by atoms with Crippen LogP contribution in [0.15, 0.2) is 48.5 Å². The van der Waals surface area contributed by atoms with E-state index in [0.29, 0.717) is 10.9 Å². The number of hydrogen-bond acceptors (Lipinski definition) is 2. The van der Waals surface area contributed by atoms with Gasteiger partial charge in [0.15, 0.2) is 0 Å². The van der Waals surface area contributed by atoms with Gasteiger partial charge in [-0.15, -0.1) is 0 Å². The van der Waals surface area contributed by atoms with Crippen LogP contribution in [0.1, 0.15) is 21.5 Å². The summed E-state index contributed by atoms with van der Waals surface area (Å²) in [7, 11) is 0. The Labute approximate surface area is 133 Å². The Kier molecular flexibility index (Phi) is 5.39. The van der Waals surface area contributed by atoms with Gasteiger partial charge in [0.2, 0.25) is 0 Å². The summed E-state index contributed by atoms with van der Waals surface area (Å²) in [6, 6.07) is 15.0. The van der Waals surface area contributed by atoms with E-state index in [-0.39, 0.29) is 17.7 Å². The maximum absolute atomic E-state index is 12.2. The van der Waals surface area contributed by atoms with Crippen LogP contribution in [0.3, 0.4) is 0 Å². The monoisotopic (exact) mass is 347 g/mol. The van der Waals surface area contributed by atoms with Gasteiger partial charge in [-0.25, -0.2) is 0 Å². The SMILES string of the molecule is Cc1ccc(C(=O)NC(CBr)Cc2ccccc2)cc1O. The molecule has 0 aromatic heterocycles. The van der Waals surface area contributed by atoms with Gasteiger partial charge >= 0.3 is 0 Å². The third-order valence-corrected chi connectivity index (χ3v) is 4.10. The molecule has 0 saturated carbocycles. The number of hydrogen-bond donors (Lipinski definition) is 2. The van der Waals surface area contributed by atoms with Crippen LogP contribution in [0.2, 0.25) is 0 Å². The van der Waals surface area contributed by atoms with Gasteiger partial charge in [-0.05, 0) is 36.6 Å². The van der Waals surface area contributed by atoms with Crippen molar-refractivity contribution in [3.63, 3.8) is 0 Å². The lowest BCUT2D eigenvalue weighted by atomic mass is 10.1. The molecule has 21 heavy (non-hydrogen) atoms. The third-order valence-electron chi connectivity index (χ3n) is 3.32. The highest BCUT2D eigenvalue weighted by Gasteiger charge is 2.14. The quantitative estimate of drug-likeness (QED) is 0.814. The number of halogens is 1. The Balaban J connectivity index is 2.04. The molecule has 4 heteroatoms. The smallest absolute Gasteiger partial charge is 0.251 e. The maximum atomic E-state index is 12.2. The fourth-order valence-corrected chi connectivity index (χ4v) is 2.45. The molecule has 1 amide bonds. The molecule has 0 heterocycles. The van der Waals surface area contributed by atoms with Gasteiger partial charge in [0.1, 0.15) is 5.75 Å². The molecule has 1 atom stereocenters. The number of benzene rings is 2. The van der Waals surface area contributed by atoms with Crippen molar-refractivity contribution in [2.24, 2.45) is 0 Å². The summed E-state index contributed by atoms with van der Waals surface area (Å²) >= 11 is 3.44. The van der Waals surface area contributed by atoms with Crippen molar-refractivity contribution >= 4 is 21.8 Å². The van der Waals surface area contributed by atoms with E-state index < -0.39 is 0 Å². The van der Waals surface area contributed by atoms with Crippen LogP contribution in [-0.4, -0.2) is 22.4 Å². The normalized spacial score (nSPS) is 11.9. The second kappa shape index (κ2) is 7.27. The molecular formula is C17H18BrNO2. The molecule has 1 unspecified atom stereocenters. The molecule has 3 nitrogen and oxygen atoms in total. The van der Waals surface area contributed by atoms with Gasteiger partial charge in [-0.3, -0.25) is 4.79 Å². The molecule has 0 aliphatic carbocycles. The van der Waals surface area contributed by atoms with E-state index in [2.05, 4.69) is 21.2 Å². The number of carbonyl (C=O) groups excluding carboxylic acids is 1. The third kappa shape index (κ3) is 4.33. The minimum absolute atomic E-state index is 0.00310. The van der Waals surface area contributed by atoms with Crippen LogP contribution in [0.5, 0.6) is 5.75 Å². The Morgan fingerprint density at radius 2 is 1.95 bits per heavy atom. The van der Waals surface area contributed by atoms with E-state index in [1.165, 1.54) is 11.6 Å². The Morgan fingerprint density at radius 1 is 1.24 bits per heavy atom. The lowest BCUT2D eigenvalue weighted by Gasteiger charge is -2.16. The highest BCUT2D eigenvalue weighted by atomic mass is 79.9. The Bertz CT molecular complexity index is 613. The fraction of sp³-hybridized carbons (Fsp3) is 0.235. The van der Waals surface area contributed by atoms with E-state index in [0.717, 1.165) is 12.0 Å². The molecule has 0 aliphatic heterocycles. The van der Waals surface area contributed by atoms with Gasteiger partial charge in [0.05, 0.1) is 0 Å². The van der Waals surface area contributed by atoms with Crippen molar-refractivity contribution in [3.05, 3.63) is 65.2 Å². The highest BCUT2D eigenvalue weighted by molar-refractivity contribution is 9.09. The fourth-order valence-electron chi connectivity index (χ4n) is 2.06. The number of phenolic OH excluding ortho intramolecular Hbond substituents is 1. The predicted molar refractivity (Wildman–Crippen MR) is 88.0 cm³/mol. The largest absolute Gasteiger partial charge is 0.508 e. The first-order valence-corrected chi connectivity index (χ1v) is 7.92. The van der Waals surface area contributed by atoms with Gasteiger partial charge in [-0.2, -0.15) is 0 Å². The van der Waals surface area contributed by atoms with Crippen LogP contribution in [0.25, 0.3) is 0 Å². The number of carbonyl (C=O) groups is 1. The molecule has 110 valence electrons. The molecule has 0 fully saturated rings. The number of phenols is 1. The number of aromatic hydroxyl groups is 1. The van der Waals surface area contributed by atoms with E-state index in [4.69, 9.17) is 0 Å². The Morgan fingerprint density at radius 3 is 2.57 bits per heavy atom. The van der Waals surface area contributed by atoms with Crippen molar-refractivity contribution < 1.29 is 9.90 Å². The zero-order chi connectivity index (χ0) is 15.2. The number of alkyl halides is 1. The first-order chi connectivity index (χ1) is 10.1. The minimum atomic E-state index is -0.175. The summed E-state index contributed by atoms with van der Waals surface area (Å²) in [5.74, 6) is -0.0354. The van der Waals surface area contributed by atoms with E-state index in [1.54, 1.807) is 19.1 Å². The van der Waals surface area contributed by atoms with E-state index >= 15 is 0 Å². The second-order valence-corrected chi connectivity index (χ2v) is 5.66. The standard InChI is InChI=1S/C17H18BrNO2/c1-12-7-8-14(10-16(12)20)17(21)19-15(11-18)9-13-5-3-2-4-6-13/h2-8,10,15,20H,9,11H2,1H3,(H,19,21). The van der Waals surface area contributed by atoms with Crippen molar-refractivity contribution in [3.8, 4) is 5.75 Å². The first-order valence-electron chi connectivity index (χ1n) is 6.80. The second-order valence-electron chi connectivity index (χ2n) is 5.02. The summed E-state index contributed by atoms with van der Waals surface area (Å²) in [6.45, 7) is 1.80. The van der Waals surface area contributed by atoms with Crippen molar-refractivity contribution in [2.45, 2.75) is 19.4 Å². The van der Waals surface area contributed by atoms with Crippen LogP contribution in [-0.2, 0) is 6.42 Å². The van der Waals surface area contributed by atoms with Crippen molar-refractivity contribution in [2.75, 3.05) is 5.33 Å². The van der Waals surface area contributed by atoms with Gasteiger partial charge in [0, 0.05) is 16.9 Å². The summed E-state index contributed by atoms with van der Waals surface area (Å²) in [4.78, 5) is 12.2. The van der Waals surface area contributed by atoms with Crippen LogP contribution >= 0.6 is 15.9 Å². The zero-order valence-electron chi connectivity index (χ0n) is 11.8. The van der Waals surface area contributed by atoms with E-state index in [9.17, 15) is 9.90 Å². The van der Waals surface area contributed by atoms with Gasteiger partial charge < -0.3 is 10.4 Å². The predicted octanol–water partition coefficient (Wildman–Crippen LogP) is 3.44. The summed E-state index contributed by atoms with van der Waals surface area (Å²) in [6.07, 6.45) is 0.760. The maximum Gasteiger partial charge on any atom is 0.251 e. The number of aryl methyl sites for hydroxylation is 1. The first kappa shape index (κ1) is 15.6. The molecule has 2 rings (SSSR count). The summed E-state index contributed by atoms with van der Waals surface area (Å²) in [5.41, 5.74) is 2.40. The van der Waals surface area contributed by atoms with Gasteiger partial charge in [-0.1, -0.05) is 52.3 Å². The number of rotatable bonds is 5. The molecular weight excluding hydrogens is 330 g/mol. The van der Waals surface area contributed by atoms with Gasteiger partial charge in [0.25, 0.3) is 5.91 Å². The zero-order valence-corrected chi connectivity index (χ0v) is 13.4. The average Bonchev–Trinajstić information content (AvgIpc) is 2.50. The minimum Gasteiger partial charge on any atom is -0.508 e. The topological polar surface area (TPSA) is 49.3 Å². The summed E-state index contributed by atoms with van der Waals surface area (Å²) in [5, 5.41) is 13.3. The Hall–Kier alpha value is -1.81. The average molecular weight is 348 g/mol. The molecule has 0 bridgehead atoms.